The predicted molar refractivity (Wildman–Crippen MR) is 197 cm³/mol. The van der Waals surface area contributed by atoms with Crippen LogP contribution in [0.2, 0.25) is 0 Å². The van der Waals surface area contributed by atoms with Gasteiger partial charge in [-0.25, -0.2) is 23.1 Å². The molecule has 1 aliphatic rings. The Morgan fingerprint density at radius 3 is 2.47 bits per heavy atom. The largest absolute Gasteiger partial charge is 0.424 e. The number of carbonyl (C=O) groups excluding carboxylic acids is 1. The minimum Gasteiger partial charge on any atom is -0.424 e. The van der Waals surface area contributed by atoms with Crippen LogP contribution in [0.15, 0.2) is 47.1 Å². The number of hydrogen-bond acceptors (Lipinski definition) is 14. The number of rotatable bonds is 20. The minimum absolute atomic E-state index is 0.0181. The Labute approximate surface area is 307 Å². The van der Waals surface area contributed by atoms with E-state index in [0.29, 0.717) is 99.4 Å². The Hall–Kier alpha value is -4.72. The van der Waals surface area contributed by atoms with Gasteiger partial charge in [-0.05, 0) is 48.2 Å². The number of nitrogens with two attached hydrogens (primary N) is 2. The van der Waals surface area contributed by atoms with Crippen LogP contribution in [0.5, 0.6) is 0 Å². The van der Waals surface area contributed by atoms with Crippen molar-refractivity contribution >= 4 is 49.9 Å². The third kappa shape index (κ3) is 9.83. The molecule has 4 heterocycles. The van der Waals surface area contributed by atoms with Gasteiger partial charge >= 0.3 is 0 Å². The van der Waals surface area contributed by atoms with Gasteiger partial charge in [0.05, 0.1) is 63.9 Å². The summed E-state index contributed by atoms with van der Waals surface area (Å²) in [4.78, 5) is 25.2. The molecule has 0 spiro atoms. The third-order valence-corrected chi connectivity index (χ3v) is 10.5. The highest BCUT2D eigenvalue weighted by atomic mass is 32.2. The number of oxazole rings is 1. The first-order valence-corrected chi connectivity index (χ1v) is 19.1. The lowest BCUT2D eigenvalue weighted by Crippen LogP contribution is -2.40. The van der Waals surface area contributed by atoms with Crippen LogP contribution in [0.4, 0.5) is 11.8 Å². The number of benzene rings is 2. The molecule has 17 nitrogen and oxygen atoms in total. The Morgan fingerprint density at radius 2 is 1.70 bits per heavy atom. The number of amides is 1. The van der Waals surface area contributed by atoms with Crippen molar-refractivity contribution in [2.24, 2.45) is 0 Å². The molecule has 0 unspecified atom stereocenters. The molecule has 0 bridgehead atoms. The molecule has 1 amide bonds. The van der Waals surface area contributed by atoms with E-state index in [9.17, 15) is 13.2 Å². The average Bonchev–Trinajstić information content (AvgIpc) is 3.71. The highest BCUT2D eigenvalue weighted by Crippen LogP contribution is 2.33. The lowest BCUT2D eigenvalue weighted by molar-refractivity contribution is -0.122. The number of nitrogen functional groups attached to an aromatic ring is 2. The van der Waals surface area contributed by atoms with E-state index < -0.39 is 10.0 Å². The number of sulfonamides is 1. The van der Waals surface area contributed by atoms with Crippen LogP contribution in [0.1, 0.15) is 30.0 Å². The van der Waals surface area contributed by atoms with Crippen molar-refractivity contribution in [1.29, 1.82) is 0 Å². The fourth-order valence-corrected chi connectivity index (χ4v) is 7.35. The maximum absolute atomic E-state index is 13.2. The number of carbonyl (C=O) groups is 1. The zero-order chi connectivity index (χ0) is 37.2. The van der Waals surface area contributed by atoms with Crippen molar-refractivity contribution in [3.05, 3.63) is 59.4 Å². The molecule has 284 valence electrons. The first-order valence-electron chi connectivity index (χ1n) is 17.5. The van der Waals surface area contributed by atoms with Crippen LogP contribution in [0.3, 0.4) is 0 Å². The van der Waals surface area contributed by atoms with Crippen LogP contribution in [0.25, 0.3) is 33.4 Å². The SMILES string of the molecule is CCOCCOCCOCCOCCC(=O)NCCS(=O)(=O)N1CCc2cc(Cn3nc(-c4ccc5oc(N)nc5c4)c4c(N)ncnc43)ccc2C1. The number of hydrogen-bond donors (Lipinski definition) is 3. The van der Waals surface area contributed by atoms with Gasteiger partial charge in [0.25, 0.3) is 6.01 Å². The second-order valence-corrected chi connectivity index (χ2v) is 14.4. The lowest BCUT2D eigenvalue weighted by Gasteiger charge is -2.28. The first kappa shape index (κ1) is 38.0. The monoisotopic (exact) mass is 751 g/mol. The second-order valence-electron chi connectivity index (χ2n) is 12.3. The van der Waals surface area contributed by atoms with Gasteiger partial charge in [-0.2, -0.15) is 14.4 Å². The standard InChI is InChI=1S/C35H45N9O8S/c1-2-48-12-13-50-16-17-51-15-14-49-11-8-30(45)38-9-18-53(46,47)43-10-7-25-19-24(3-4-27(25)22-43)21-44-34-31(33(36)39-23-40-34)32(42-44)26-5-6-29-28(20-26)41-35(37)52-29/h3-6,19-20,23H,2,7-18,21-22H2,1H3,(H2,37,41)(H,38,45)(H2,36,39,40). The van der Waals surface area contributed by atoms with E-state index in [1.54, 1.807) is 10.7 Å². The van der Waals surface area contributed by atoms with Gasteiger partial charge in [0.1, 0.15) is 23.4 Å². The number of anilines is 2. The Morgan fingerprint density at radius 1 is 0.943 bits per heavy atom. The maximum Gasteiger partial charge on any atom is 0.292 e. The molecule has 5 N–H and O–H groups in total. The van der Waals surface area contributed by atoms with Crippen LogP contribution >= 0.6 is 0 Å². The molecule has 0 atom stereocenters. The number of nitrogens with zero attached hydrogens (tertiary/aromatic N) is 6. The van der Waals surface area contributed by atoms with Gasteiger partial charge in [0.2, 0.25) is 15.9 Å². The van der Waals surface area contributed by atoms with Crippen LogP contribution in [-0.4, -0.2) is 115 Å². The zero-order valence-electron chi connectivity index (χ0n) is 29.7. The van der Waals surface area contributed by atoms with E-state index in [1.807, 2.05) is 31.2 Å². The van der Waals surface area contributed by atoms with Gasteiger partial charge in [-0.3, -0.25) is 4.79 Å². The van der Waals surface area contributed by atoms with Gasteiger partial charge < -0.3 is 40.1 Å². The van der Waals surface area contributed by atoms with Crippen molar-refractivity contribution in [2.45, 2.75) is 32.9 Å². The molecule has 5 aromatic rings. The van der Waals surface area contributed by atoms with Crippen molar-refractivity contribution in [1.82, 2.24) is 34.4 Å². The van der Waals surface area contributed by atoms with Crippen molar-refractivity contribution in [3.63, 3.8) is 0 Å². The molecule has 0 aliphatic carbocycles. The van der Waals surface area contributed by atoms with Gasteiger partial charge in [0, 0.05) is 38.2 Å². The fraction of sp³-hybridized carbons (Fsp3) is 0.457. The Bertz CT molecular complexity index is 2120. The summed E-state index contributed by atoms with van der Waals surface area (Å²) < 4.78 is 56.4. The first-order chi connectivity index (χ1) is 25.7. The predicted octanol–water partition coefficient (Wildman–Crippen LogP) is 2.13. The van der Waals surface area contributed by atoms with Crippen molar-refractivity contribution in [2.75, 3.05) is 83.2 Å². The highest BCUT2D eigenvalue weighted by Gasteiger charge is 2.27. The molecular weight excluding hydrogens is 707 g/mol. The van der Waals surface area contributed by atoms with E-state index in [0.717, 1.165) is 22.3 Å². The molecule has 18 heteroatoms. The van der Waals surface area contributed by atoms with E-state index in [2.05, 4.69) is 26.3 Å². The molecule has 3 aromatic heterocycles. The summed E-state index contributed by atoms with van der Waals surface area (Å²) in [6, 6.07) is 11.6. The van der Waals surface area contributed by atoms with Gasteiger partial charge in [0.15, 0.2) is 11.2 Å². The lowest BCUT2D eigenvalue weighted by atomic mass is 9.98. The highest BCUT2D eigenvalue weighted by molar-refractivity contribution is 7.89. The molecular formula is C35H45N9O8S. The summed E-state index contributed by atoms with van der Waals surface area (Å²) in [5, 5.41) is 8.19. The molecule has 0 radical (unpaired) electrons. The van der Waals surface area contributed by atoms with E-state index >= 15 is 0 Å². The summed E-state index contributed by atoms with van der Waals surface area (Å²) in [6.07, 6.45) is 2.09. The van der Waals surface area contributed by atoms with Gasteiger partial charge in [-0.1, -0.05) is 18.2 Å². The summed E-state index contributed by atoms with van der Waals surface area (Å²) >= 11 is 0. The fourth-order valence-electron chi connectivity index (χ4n) is 6.03. The van der Waals surface area contributed by atoms with Crippen molar-refractivity contribution < 1.29 is 36.6 Å². The minimum atomic E-state index is -3.60. The van der Waals surface area contributed by atoms with Crippen molar-refractivity contribution in [3.8, 4) is 11.3 Å². The molecule has 2 aromatic carbocycles. The smallest absolute Gasteiger partial charge is 0.292 e. The van der Waals surface area contributed by atoms with Crippen LogP contribution in [-0.2, 0) is 53.3 Å². The van der Waals surface area contributed by atoms with E-state index in [1.165, 1.54) is 10.6 Å². The van der Waals surface area contributed by atoms with Gasteiger partial charge in [-0.15, -0.1) is 0 Å². The van der Waals surface area contributed by atoms with E-state index in [-0.39, 0.29) is 43.8 Å². The quantitative estimate of drug-likeness (QED) is 0.0970. The molecule has 0 fully saturated rings. The number of aromatic nitrogens is 5. The number of fused-ring (bicyclic) bond motifs is 3. The maximum atomic E-state index is 13.2. The molecule has 0 saturated carbocycles. The molecule has 53 heavy (non-hydrogen) atoms. The normalized spacial score (nSPS) is 13.5. The van der Waals surface area contributed by atoms with Crippen LogP contribution < -0.4 is 16.8 Å². The number of ether oxygens (including phenoxy) is 4. The molecule has 6 rings (SSSR count). The molecule has 1 aliphatic heterocycles. The average molecular weight is 752 g/mol. The molecule has 0 saturated heterocycles. The van der Waals surface area contributed by atoms with Crippen LogP contribution in [0, 0.1) is 0 Å². The Balaban J connectivity index is 0.966. The summed E-state index contributed by atoms with van der Waals surface area (Å²) in [5.74, 6) is -0.155. The van der Waals surface area contributed by atoms with E-state index in [4.69, 9.17) is 39.9 Å². The topological polar surface area (TPSA) is 225 Å². The summed E-state index contributed by atoms with van der Waals surface area (Å²) in [6.45, 7) is 6.60. The summed E-state index contributed by atoms with van der Waals surface area (Å²) in [7, 11) is -3.60. The second kappa shape index (κ2) is 17.9. The zero-order valence-corrected chi connectivity index (χ0v) is 30.5. The Kier molecular flexibility index (Phi) is 12.8. The third-order valence-electron chi connectivity index (χ3n) is 8.69. The number of nitrogens with one attached hydrogen (secondary N) is 1. The summed E-state index contributed by atoms with van der Waals surface area (Å²) in [5.41, 5.74) is 18.1.